The number of hydrogen-bond donors (Lipinski definition) is 2. The van der Waals surface area contributed by atoms with E-state index in [1.165, 1.54) is 6.20 Å². The van der Waals surface area contributed by atoms with E-state index in [0.717, 1.165) is 5.69 Å². The van der Waals surface area contributed by atoms with Crippen LogP contribution in [0, 0.1) is 0 Å². The van der Waals surface area contributed by atoms with Crippen LogP contribution in [0.1, 0.15) is 10.4 Å². The molecule has 1 amide bonds. The van der Waals surface area contributed by atoms with Gasteiger partial charge in [-0.2, -0.15) is 0 Å². The van der Waals surface area contributed by atoms with Gasteiger partial charge in [0.15, 0.2) is 0 Å². The minimum atomic E-state index is -0.200. The molecule has 0 unspecified atom stereocenters. The molecule has 5 heteroatoms. The highest BCUT2D eigenvalue weighted by molar-refractivity contribution is 6.07. The molecule has 0 spiro atoms. The van der Waals surface area contributed by atoms with Gasteiger partial charge in [-0.05, 0) is 18.2 Å². The Morgan fingerprint density at radius 1 is 1.12 bits per heavy atom. The number of amides is 1. The summed E-state index contributed by atoms with van der Waals surface area (Å²) in [4.78, 5) is 19.8. The number of aromatic nitrogens is 2. The largest absolute Gasteiger partial charge is 0.387 e. The third-order valence-electron chi connectivity index (χ3n) is 2.27. The minimum absolute atomic E-state index is 0.200. The van der Waals surface area contributed by atoms with Crippen molar-refractivity contribution in [2.75, 3.05) is 17.7 Å². The predicted octanol–water partition coefficient (Wildman–Crippen LogP) is 1.77. The first kappa shape index (κ1) is 11.1. The first-order valence-electron chi connectivity index (χ1n) is 5.14. The van der Waals surface area contributed by atoms with Crippen LogP contribution >= 0.6 is 0 Å². The molecule has 2 N–H and O–H groups in total. The Morgan fingerprint density at radius 2 is 1.82 bits per heavy atom. The summed E-state index contributed by atoms with van der Waals surface area (Å²) in [6.07, 6.45) is 6.41. The van der Waals surface area contributed by atoms with Crippen molar-refractivity contribution in [1.29, 1.82) is 0 Å². The van der Waals surface area contributed by atoms with Gasteiger partial charge >= 0.3 is 0 Å². The maximum atomic E-state index is 12.0. The van der Waals surface area contributed by atoms with E-state index < -0.39 is 0 Å². The summed E-state index contributed by atoms with van der Waals surface area (Å²) in [5, 5.41) is 5.72. The molecule has 86 valence electrons. The number of nitrogens with one attached hydrogen (secondary N) is 2. The van der Waals surface area contributed by atoms with Crippen molar-refractivity contribution in [2.24, 2.45) is 0 Å². The van der Waals surface area contributed by atoms with Gasteiger partial charge < -0.3 is 10.6 Å². The van der Waals surface area contributed by atoms with Gasteiger partial charge in [-0.1, -0.05) is 0 Å². The minimum Gasteiger partial charge on any atom is -0.387 e. The standard InChI is InChI=1S/C12H12N4O/c1-13-11-4-7-15-8-10(11)12(17)16-9-2-5-14-6-3-9/h2-8H,1H3,(H,13,15)(H,14,16,17). The van der Waals surface area contributed by atoms with Crippen molar-refractivity contribution in [3.8, 4) is 0 Å². The summed E-state index contributed by atoms with van der Waals surface area (Å²) in [6, 6.07) is 5.21. The van der Waals surface area contributed by atoms with Crippen LogP contribution < -0.4 is 10.6 Å². The summed E-state index contributed by atoms with van der Waals surface area (Å²) < 4.78 is 0. The zero-order chi connectivity index (χ0) is 12.1. The smallest absolute Gasteiger partial charge is 0.259 e. The fraction of sp³-hybridized carbons (Fsp3) is 0.0833. The van der Waals surface area contributed by atoms with Crippen molar-refractivity contribution >= 4 is 17.3 Å². The topological polar surface area (TPSA) is 66.9 Å². The summed E-state index contributed by atoms with van der Waals surface area (Å²) in [6.45, 7) is 0. The Hall–Kier alpha value is -2.43. The summed E-state index contributed by atoms with van der Waals surface area (Å²) in [5.74, 6) is -0.200. The van der Waals surface area contributed by atoms with Gasteiger partial charge in [0.1, 0.15) is 0 Å². The zero-order valence-electron chi connectivity index (χ0n) is 9.34. The van der Waals surface area contributed by atoms with Gasteiger partial charge in [-0.15, -0.1) is 0 Å². The molecule has 2 rings (SSSR count). The second-order valence-corrected chi connectivity index (χ2v) is 3.36. The lowest BCUT2D eigenvalue weighted by atomic mass is 10.2. The van der Waals surface area contributed by atoms with Crippen LogP contribution in [0.3, 0.4) is 0 Å². The van der Waals surface area contributed by atoms with Crippen LogP contribution in [0.2, 0.25) is 0 Å². The van der Waals surface area contributed by atoms with Crippen LogP contribution in [0.4, 0.5) is 11.4 Å². The van der Waals surface area contributed by atoms with Crippen molar-refractivity contribution < 1.29 is 4.79 Å². The van der Waals surface area contributed by atoms with Gasteiger partial charge in [-0.3, -0.25) is 14.8 Å². The SMILES string of the molecule is CNc1ccncc1C(=O)Nc1ccncc1. The Morgan fingerprint density at radius 3 is 2.53 bits per heavy atom. The lowest BCUT2D eigenvalue weighted by Gasteiger charge is -2.08. The van der Waals surface area contributed by atoms with E-state index in [2.05, 4.69) is 20.6 Å². The third-order valence-corrected chi connectivity index (χ3v) is 2.27. The van der Waals surface area contributed by atoms with Gasteiger partial charge in [0.2, 0.25) is 0 Å². The lowest BCUT2D eigenvalue weighted by molar-refractivity contribution is 0.102. The second-order valence-electron chi connectivity index (χ2n) is 3.36. The highest BCUT2D eigenvalue weighted by atomic mass is 16.1. The number of carbonyl (C=O) groups is 1. The summed E-state index contributed by atoms with van der Waals surface area (Å²) in [5.41, 5.74) is 1.95. The molecule has 0 radical (unpaired) electrons. The molecule has 0 aliphatic carbocycles. The fourth-order valence-electron chi connectivity index (χ4n) is 1.43. The maximum Gasteiger partial charge on any atom is 0.259 e. The predicted molar refractivity (Wildman–Crippen MR) is 66.0 cm³/mol. The van der Waals surface area contributed by atoms with E-state index in [0.29, 0.717) is 11.3 Å². The number of pyridine rings is 2. The summed E-state index contributed by atoms with van der Waals surface area (Å²) >= 11 is 0. The zero-order valence-corrected chi connectivity index (χ0v) is 9.34. The second kappa shape index (κ2) is 5.07. The Bertz CT molecular complexity index is 513. The van der Waals surface area contributed by atoms with E-state index >= 15 is 0 Å². The fourth-order valence-corrected chi connectivity index (χ4v) is 1.43. The van der Waals surface area contributed by atoms with Crippen LogP contribution in [0.15, 0.2) is 43.0 Å². The first-order valence-corrected chi connectivity index (χ1v) is 5.14. The monoisotopic (exact) mass is 228 g/mol. The van der Waals surface area contributed by atoms with E-state index in [-0.39, 0.29) is 5.91 Å². The number of nitrogens with zero attached hydrogens (tertiary/aromatic N) is 2. The average Bonchev–Trinajstić information content (AvgIpc) is 2.40. The molecular weight excluding hydrogens is 216 g/mol. The van der Waals surface area contributed by atoms with Gasteiger partial charge in [-0.25, -0.2) is 0 Å². The maximum absolute atomic E-state index is 12.0. The molecule has 17 heavy (non-hydrogen) atoms. The molecule has 0 saturated heterocycles. The quantitative estimate of drug-likeness (QED) is 0.840. The molecule has 0 fully saturated rings. The Balaban J connectivity index is 2.20. The number of rotatable bonds is 3. The van der Waals surface area contributed by atoms with Gasteiger partial charge in [0, 0.05) is 43.2 Å². The molecular formula is C12H12N4O. The van der Waals surface area contributed by atoms with Crippen molar-refractivity contribution in [1.82, 2.24) is 9.97 Å². The lowest BCUT2D eigenvalue weighted by Crippen LogP contribution is -2.14. The highest BCUT2D eigenvalue weighted by Gasteiger charge is 2.10. The van der Waals surface area contributed by atoms with Crippen LogP contribution in [-0.4, -0.2) is 22.9 Å². The normalized spacial score (nSPS) is 9.71. The molecule has 2 aromatic rings. The molecule has 0 aliphatic rings. The molecule has 0 atom stereocenters. The van der Waals surface area contributed by atoms with E-state index in [9.17, 15) is 4.79 Å². The van der Waals surface area contributed by atoms with E-state index in [1.807, 2.05) is 0 Å². The van der Waals surface area contributed by atoms with Crippen LogP contribution in [0.5, 0.6) is 0 Å². The molecule has 0 aliphatic heterocycles. The highest BCUT2D eigenvalue weighted by Crippen LogP contribution is 2.14. The Labute approximate surface area is 98.9 Å². The first-order chi connectivity index (χ1) is 8.31. The van der Waals surface area contributed by atoms with Crippen molar-refractivity contribution in [2.45, 2.75) is 0 Å². The number of anilines is 2. The summed E-state index contributed by atoms with van der Waals surface area (Å²) in [7, 11) is 1.76. The van der Waals surface area contributed by atoms with Crippen LogP contribution in [-0.2, 0) is 0 Å². The number of carbonyl (C=O) groups excluding carboxylic acids is 1. The van der Waals surface area contributed by atoms with Gasteiger partial charge in [0.25, 0.3) is 5.91 Å². The van der Waals surface area contributed by atoms with Crippen molar-refractivity contribution in [3.05, 3.63) is 48.5 Å². The Kier molecular flexibility index (Phi) is 3.30. The molecule has 0 bridgehead atoms. The molecule has 2 heterocycles. The van der Waals surface area contributed by atoms with Gasteiger partial charge in [0.05, 0.1) is 5.56 Å². The molecule has 5 nitrogen and oxygen atoms in total. The average molecular weight is 228 g/mol. The molecule has 0 saturated carbocycles. The van der Waals surface area contributed by atoms with Crippen LogP contribution in [0.25, 0.3) is 0 Å². The molecule has 2 aromatic heterocycles. The van der Waals surface area contributed by atoms with Crippen molar-refractivity contribution in [3.63, 3.8) is 0 Å². The molecule has 0 aromatic carbocycles. The third kappa shape index (κ3) is 2.57. The number of hydrogen-bond acceptors (Lipinski definition) is 4. The van der Waals surface area contributed by atoms with E-state index in [1.54, 1.807) is 43.8 Å². The van der Waals surface area contributed by atoms with E-state index in [4.69, 9.17) is 0 Å².